The van der Waals surface area contributed by atoms with Gasteiger partial charge >= 0.3 is 0 Å². The van der Waals surface area contributed by atoms with Crippen LogP contribution in [-0.4, -0.2) is 53.9 Å². The van der Waals surface area contributed by atoms with Crippen molar-refractivity contribution < 1.29 is 9.53 Å². The number of piperidine rings is 1. The minimum absolute atomic E-state index is 0.105. The second-order valence-corrected chi connectivity index (χ2v) is 7.13. The minimum atomic E-state index is 0.105. The first kappa shape index (κ1) is 18.5. The van der Waals surface area contributed by atoms with Crippen LogP contribution in [0.3, 0.4) is 0 Å². The van der Waals surface area contributed by atoms with E-state index in [4.69, 9.17) is 4.74 Å². The number of hydrogen-bond acceptors (Lipinski definition) is 4. The second-order valence-electron chi connectivity index (χ2n) is 7.13. The molecule has 1 radical (unpaired) electrons. The normalized spacial score (nSPS) is 20.7. The Morgan fingerprint density at radius 1 is 1.38 bits per heavy atom. The van der Waals surface area contributed by atoms with E-state index >= 15 is 0 Å². The molecule has 1 N–H and O–H groups in total. The Labute approximate surface area is 155 Å². The minimum Gasteiger partial charge on any atom is -0.492 e. The van der Waals surface area contributed by atoms with E-state index in [0.717, 1.165) is 36.4 Å². The summed E-state index contributed by atoms with van der Waals surface area (Å²) in [5, 5.41) is 7.20. The number of ether oxygens (including phenoxy) is 1. The highest BCUT2D eigenvalue weighted by Gasteiger charge is 2.29. The molecule has 2 heterocycles. The molecule has 0 aliphatic carbocycles. The molecule has 1 saturated heterocycles. The van der Waals surface area contributed by atoms with Crippen LogP contribution in [0.1, 0.15) is 13.3 Å². The fourth-order valence-corrected chi connectivity index (χ4v) is 3.49. The van der Waals surface area contributed by atoms with Crippen molar-refractivity contribution in [3.05, 3.63) is 36.7 Å². The topological polar surface area (TPSA) is 59.4 Å². The Balaban J connectivity index is 1.46. The predicted molar refractivity (Wildman–Crippen MR) is 101 cm³/mol. The van der Waals surface area contributed by atoms with Crippen molar-refractivity contribution >= 4 is 5.91 Å². The quantitative estimate of drug-likeness (QED) is 0.805. The van der Waals surface area contributed by atoms with E-state index in [-0.39, 0.29) is 11.8 Å². The van der Waals surface area contributed by atoms with E-state index in [1.807, 2.05) is 31.6 Å². The van der Waals surface area contributed by atoms with Crippen LogP contribution in [0.25, 0.3) is 11.1 Å². The summed E-state index contributed by atoms with van der Waals surface area (Å²) in [6, 6.07) is 8.78. The zero-order valence-corrected chi connectivity index (χ0v) is 15.7. The second kappa shape index (κ2) is 8.36. The molecule has 0 bridgehead atoms. The first-order valence-corrected chi connectivity index (χ1v) is 9.12. The summed E-state index contributed by atoms with van der Waals surface area (Å²) >= 11 is 0. The molecular formula is C20H27N4O2. The largest absolute Gasteiger partial charge is 0.492 e. The number of rotatable bonds is 6. The summed E-state index contributed by atoms with van der Waals surface area (Å²) in [5.74, 6) is 1.38. The van der Waals surface area contributed by atoms with Gasteiger partial charge in [-0.05, 0) is 55.8 Å². The number of carbonyl (C=O) groups is 1. The summed E-state index contributed by atoms with van der Waals surface area (Å²) < 4.78 is 7.54. The number of amides is 1. The number of nitrogens with zero attached hydrogens (tertiary/aromatic N) is 3. The third kappa shape index (κ3) is 4.64. The van der Waals surface area contributed by atoms with Crippen LogP contribution in [0.15, 0.2) is 30.6 Å². The first-order chi connectivity index (χ1) is 12.5. The molecule has 1 fully saturated rings. The molecule has 6 heteroatoms. The van der Waals surface area contributed by atoms with E-state index in [9.17, 15) is 4.79 Å². The fourth-order valence-electron chi connectivity index (χ4n) is 3.49. The molecule has 1 aromatic heterocycles. The molecule has 1 amide bonds. The van der Waals surface area contributed by atoms with Gasteiger partial charge in [0.15, 0.2) is 0 Å². The maximum atomic E-state index is 12.4. The van der Waals surface area contributed by atoms with Crippen LogP contribution in [0.2, 0.25) is 0 Å². The molecule has 2 atom stereocenters. The molecule has 0 spiro atoms. The Morgan fingerprint density at radius 2 is 2.23 bits per heavy atom. The number of likely N-dealkylation sites (tertiary alicyclic amines) is 1. The predicted octanol–water partition coefficient (Wildman–Crippen LogP) is 1.97. The van der Waals surface area contributed by atoms with Crippen molar-refractivity contribution in [1.82, 2.24) is 20.0 Å². The monoisotopic (exact) mass is 355 g/mol. The number of nitrogens with one attached hydrogen (secondary N) is 1. The van der Waals surface area contributed by atoms with Gasteiger partial charge in [0.2, 0.25) is 5.91 Å². The Bertz CT molecular complexity index is 743. The van der Waals surface area contributed by atoms with Crippen LogP contribution in [0.4, 0.5) is 0 Å². The van der Waals surface area contributed by atoms with Gasteiger partial charge in [0.25, 0.3) is 0 Å². The number of aryl methyl sites for hydroxylation is 1. The lowest BCUT2D eigenvalue weighted by molar-refractivity contribution is -0.128. The van der Waals surface area contributed by atoms with E-state index < -0.39 is 0 Å². The molecule has 2 aromatic rings. The van der Waals surface area contributed by atoms with Crippen LogP contribution in [0.5, 0.6) is 5.75 Å². The van der Waals surface area contributed by atoms with Gasteiger partial charge in [0, 0.05) is 31.3 Å². The molecule has 3 rings (SSSR count). The van der Waals surface area contributed by atoms with Gasteiger partial charge in [0.05, 0.1) is 12.7 Å². The van der Waals surface area contributed by atoms with Crippen molar-refractivity contribution in [1.29, 1.82) is 0 Å². The zero-order chi connectivity index (χ0) is 18.5. The molecule has 6 nitrogen and oxygen atoms in total. The molecule has 139 valence electrons. The summed E-state index contributed by atoms with van der Waals surface area (Å²) in [4.78, 5) is 14.6. The average Bonchev–Trinajstić information content (AvgIpc) is 3.05. The molecule has 26 heavy (non-hydrogen) atoms. The summed E-state index contributed by atoms with van der Waals surface area (Å²) in [6.07, 6.45) is 4.69. The third-order valence-electron chi connectivity index (χ3n) is 4.92. The fraction of sp³-hybridized carbons (Fsp3) is 0.500. The lowest BCUT2D eigenvalue weighted by Crippen LogP contribution is -2.44. The summed E-state index contributed by atoms with van der Waals surface area (Å²) in [5.41, 5.74) is 2.04. The zero-order valence-electron chi connectivity index (χ0n) is 15.7. The smallest absolute Gasteiger partial charge is 0.223 e. The highest BCUT2D eigenvalue weighted by atomic mass is 16.5. The van der Waals surface area contributed by atoms with Crippen molar-refractivity contribution in [2.75, 3.05) is 33.3 Å². The number of benzene rings is 1. The van der Waals surface area contributed by atoms with Crippen molar-refractivity contribution in [2.45, 2.75) is 13.3 Å². The van der Waals surface area contributed by atoms with Crippen molar-refractivity contribution in [2.24, 2.45) is 18.9 Å². The van der Waals surface area contributed by atoms with Gasteiger partial charge < -0.3 is 15.0 Å². The summed E-state index contributed by atoms with van der Waals surface area (Å²) in [6.45, 7) is 5.06. The van der Waals surface area contributed by atoms with Crippen molar-refractivity contribution in [3.8, 4) is 16.9 Å². The molecule has 0 unspecified atom stereocenters. The lowest BCUT2D eigenvalue weighted by atomic mass is 9.86. The summed E-state index contributed by atoms with van der Waals surface area (Å²) in [7, 11) is 4.00. The Morgan fingerprint density at radius 3 is 2.96 bits per heavy atom. The molecular weight excluding hydrogens is 328 g/mol. The molecule has 1 aliphatic heterocycles. The van der Waals surface area contributed by atoms with E-state index in [0.29, 0.717) is 19.1 Å². The van der Waals surface area contributed by atoms with E-state index in [1.54, 1.807) is 10.7 Å². The molecule has 0 saturated carbocycles. The standard InChI is InChI=1S/C20H27N4O2/c1-15-13-23(2)9-7-19(15)20(25)21-8-10-26-18-6-4-5-16(11-18)17-12-22-24(3)14-17/h5-6,11-12,14-15,19H,7-10,13H2,1-3H3,(H,21,25)/t15-,19-/m1/s1. The van der Waals surface area contributed by atoms with Crippen LogP contribution in [-0.2, 0) is 11.8 Å². The van der Waals surface area contributed by atoms with Gasteiger partial charge in [-0.15, -0.1) is 0 Å². The number of hydrogen-bond donors (Lipinski definition) is 1. The van der Waals surface area contributed by atoms with Crippen molar-refractivity contribution in [3.63, 3.8) is 0 Å². The maximum Gasteiger partial charge on any atom is 0.223 e. The van der Waals surface area contributed by atoms with Crippen LogP contribution < -0.4 is 10.1 Å². The lowest BCUT2D eigenvalue weighted by Gasteiger charge is -2.33. The average molecular weight is 355 g/mol. The van der Waals surface area contributed by atoms with Gasteiger partial charge in [-0.1, -0.05) is 6.92 Å². The van der Waals surface area contributed by atoms with Gasteiger partial charge in [-0.3, -0.25) is 9.48 Å². The van der Waals surface area contributed by atoms with E-state index in [2.05, 4.69) is 35.4 Å². The Kier molecular flexibility index (Phi) is 5.93. The van der Waals surface area contributed by atoms with E-state index in [1.165, 1.54) is 0 Å². The van der Waals surface area contributed by atoms with Gasteiger partial charge in [0.1, 0.15) is 12.4 Å². The van der Waals surface area contributed by atoms with Gasteiger partial charge in [-0.2, -0.15) is 5.10 Å². The molecule has 1 aromatic carbocycles. The third-order valence-corrected chi connectivity index (χ3v) is 4.92. The highest BCUT2D eigenvalue weighted by Crippen LogP contribution is 2.23. The van der Waals surface area contributed by atoms with Gasteiger partial charge in [-0.25, -0.2) is 0 Å². The first-order valence-electron chi connectivity index (χ1n) is 9.12. The SMILES string of the molecule is C[C@@H]1CN(C)CC[C@H]1C(=O)NCCOc1c[c]cc(-c2cnn(C)c2)c1. The number of aromatic nitrogens is 2. The highest BCUT2D eigenvalue weighted by molar-refractivity contribution is 5.79. The van der Waals surface area contributed by atoms with Crippen LogP contribution >= 0.6 is 0 Å². The maximum absolute atomic E-state index is 12.4. The Hall–Kier alpha value is -2.34. The molecule has 1 aliphatic rings. The number of carbonyl (C=O) groups excluding carboxylic acids is 1. The van der Waals surface area contributed by atoms with Crippen LogP contribution in [0, 0.1) is 17.9 Å².